The predicted molar refractivity (Wildman–Crippen MR) is 106 cm³/mol. The molecule has 1 aliphatic rings. The topological polar surface area (TPSA) is 97.5 Å². The van der Waals surface area contributed by atoms with Crippen LogP contribution in [0.3, 0.4) is 0 Å². The summed E-state index contributed by atoms with van der Waals surface area (Å²) in [5.74, 6) is -1.73. The third kappa shape index (κ3) is 3.62. The second-order valence-corrected chi connectivity index (χ2v) is 6.57. The normalized spacial score (nSPS) is 14.6. The molecular formula is C22H18N2O5. The number of nitrogens with one attached hydrogen (secondary N) is 2. The second kappa shape index (κ2) is 7.63. The number of aromatic nitrogens is 1. The van der Waals surface area contributed by atoms with E-state index >= 15 is 0 Å². The van der Waals surface area contributed by atoms with E-state index in [2.05, 4.69) is 10.3 Å². The molecule has 3 aromatic rings. The van der Waals surface area contributed by atoms with E-state index in [1.165, 1.54) is 6.92 Å². The summed E-state index contributed by atoms with van der Waals surface area (Å²) in [6.45, 7) is 1.22. The van der Waals surface area contributed by atoms with E-state index in [9.17, 15) is 14.4 Å². The quantitative estimate of drug-likeness (QED) is 0.381. The minimum Gasteiger partial charge on any atom is -0.470 e. The highest BCUT2D eigenvalue weighted by Gasteiger charge is 2.34. The molecule has 4 rings (SSSR count). The highest BCUT2D eigenvalue weighted by molar-refractivity contribution is 6.20. The van der Waals surface area contributed by atoms with Crippen LogP contribution in [0.1, 0.15) is 17.3 Å². The lowest BCUT2D eigenvalue weighted by Crippen LogP contribution is -2.27. The molecule has 2 heterocycles. The van der Waals surface area contributed by atoms with Crippen molar-refractivity contribution in [3.05, 3.63) is 77.8 Å². The Bertz CT molecular complexity index is 1130. The van der Waals surface area contributed by atoms with Crippen LogP contribution in [0.4, 0.5) is 5.69 Å². The fourth-order valence-corrected chi connectivity index (χ4v) is 3.13. The summed E-state index contributed by atoms with van der Waals surface area (Å²) in [4.78, 5) is 40.6. The van der Waals surface area contributed by atoms with Gasteiger partial charge in [0.05, 0.1) is 0 Å². The minimum absolute atomic E-state index is 0.0259. The lowest BCUT2D eigenvalue weighted by atomic mass is 10.1. The van der Waals surface area contributed by atoms with Gasteiger partial charge in [-0.3, -0.25) is 9.59 Å². The van der Waals surface area contributed by atoms with Gasteiger partial charge in [0.25, 0.3) is 0 Å². The number of hydrogen-bond donors (Lipinski definition) is 2. The number of H-pyrrole nitrogens is 1. The predicted octanol–water partition coefficient (Wildman–Crippen LogP) is 3.21. The first-order valence-corrected chi connectivity index (χ1v) is 9.08. The van der Waals surface area contributed by atoms with E-state index in [0.717, 1.165) is 10.9 Å². The number of ether oxygens (including phenoxy) is 2. The molecule has 0 fully saturated rings. The van der Waals surface area contributed by atoms with Crippen molar-refractivity contribution < 1.29 is 23.9 Å². The van der Waals surface area contributed by atoms with Gasteiger partial charge in [0, 0.05) is 28.4 Å². The van der Waals surface area contributed by atoms with Gasteiger partial charge in [-0.15, -0.1) is 0 Å². The fraction of sp³-hybridized carbons (Fsp3) is 0.136. The molecule has 0 bridgehead atoms. The van der Waals surface area contributed by atoms with Gasteiger partial charge < -0.3 is 19.8 Å². The molecule has 0 saturated heterocycles. The Morgan fingerprint density at radius 3 is 2.62 bits per heavy atom. The van der Waals surface area contributed by atoms with E-state index in [4.69, 9.17) is 9.47 Å². The molecule has 7 heteroatoms. The maximum atomic E-state index is 12.8. The molecule has 0 spiro atoms. The number of anilines is 1. The number of rotatable bonds is 6. The molecule has 0 aliphatic carbocycles. The molecular weight excluding hydrogens is 372 g/mol. The zero-order valence-corrected chi connectivity index (χ0v) is 15.6. The van der Waals surface area contributed by atoms with E-state index in [1.54, 1.807) is 30.5 Å². The summed E-state index contributed by atoms with van der Waals surface area (Å²) in [7, 11) is 0. The first-order valence-electron chi connectivity index (χ1n) is 9.08. The van der Waals surface area contributed by atoms with Crippen molar-refractivity contribution in [1.82, 2.24) is 4.98 Å². The average Bonchev–Trinajstić information content (AvgIpc) is 3.31. The molecule has 1 aliphatic heterocycles. The van der Waals surface area contributed by atoms with Crippen molar-refractivity contribution >= 4 is 34.1 Å². The van der Waals surface area contributed by atoms with Crippen LogP contribution in [0.2, 0.25) is 0 Å². The van der Waals surface area contributed by atoms with E-state index in [-0.39, 0.29) is 23.8 Å². The van der Waals surface area contributed by atoms with Crippen LogP contribution in [-0.4, -0.2) is 35.2 Å². The van der Waals surface area contributed by atoms with Crippen molar-refractivity contribution in [3.63, 3.8) is 0 Å². The van der Waals surface area contributed by atoms with Crippen LogP contribution in [-0.2, 0) is 19.1 Å². The molecule has 2 N–H and O–H groups in total. The maximum Gasteiger partial charge on any atom is 0.348 e. The number of carbonyl (C=O) groups is 3. The van der Waals surface area contributed by atoms with Gasteiger partial charge in [-0.2, -0.15) is 0 Å². The Morgan fingerprint density at radius 1 is 1.10 bits per heavy atom. The molecule has 0 radical (unpaired) electrons. The van der Waals surface area contributed by atoms with Crippen molar-refractivity contribution in [2.24, 2.45) is 0 Å². The molecule has 1 atom stereocenters. The average molecular weight is 390 g/mol. The number of esters is 1. The summed E-state index contributed by atoms with van der Waals surface area (Å²) < 4.78 is 10.6. The van der Waals surface area contributed by atoms with Crippen molar-refractivity contribution in [2.75, 3.05) is 11.9 Å². The van der Waals surface area contributed by atoms with Crippen molar-refractivity contribution in [1.29, 1.82) is 0 Å². The first-order chi connectivity index (χ1) is 14.0. The van der Waals surface area contributed by atoms with Gasteiger partial charge in [0.1, 0.15) is 0 Å². The molecule has 7 nitrogen and oxygen atoms in total. The molecule has 29 heavy (non-hydrogen) atoms. The zero-order valence-electron chi connectivity index (χ0n) is 15.6. The Hall–Kier alpha value is -3.87. The van der Waals surface area contributed by atoms with Crippen LogP contribution in [0.5, 0.6) is 0 Å². The smallest absolute Gasteiger partial charge is 0.348 e. The molecule has 146 valence electrons. The molecule has 0 saturated carbocycles. The van der Waals surface area contributed by atoms with Crippen LogP contribution in [0.15, 0.2) is 72.3 Å². The van der Waals surface area contributed by atoms with E-state index in [0.29, 0.717) is 11.3 Å². The lowest BCUT2D eigenvalue weighted by molar-refractivity contribution is -0.142. The summed E-state index contributed by atoms with van der Waals surface area (Å²) in [6, 6.07) is 16.3. The monoisotopic (exact) mass is 390 g/mol. The Kier molecular flexibility index (Phi) is 4.87. The van der Waals surface area contributed by atoms with Crippen LogP contribution < -0.4 is 5.32 Å². The highest BCUT2D eigenvalue weighted by Crippen LogP contribution is 2.23. The number of ketones is 2. The number of benzene rings is 2. The second-order valence-electron chi connectivity index (χ2n) is 6.57. The number of hydrogen-bond acceptors (Lipinski definition) is 6. The van der Waals surface area contributed by atoms with Crippen molar-refractivity contribution in [3.8, 4) is 0 Å². The fourth-order valence-electron chi connectivity index (χ4n) is 3.13. The molecule has 1 aromatic heterocycles. The Balaban J connectivity index is 1.53. The maximum absolute atomic E-state index is 12.8. The zero-order chi connectivity index (χ0) is 20.4. The Morgan fingerprint density at radius 2 is 1.83 bits per heavy atom. The number of Topliss-reactive ketones (excluding diaryl/α,β-unsaturated/α-hetero) is 2. The molecule has 0 amide bonds. The van der Waals surface area contributed by atoms with Crippen LogP contribution >= 0.6 is 0 Å². The lowest BCUT2D eigenvalue weighted by Gasteiger charge is -2.13. The summed E-state index contributed by atoms with van der Waals surface area (Å²) >= 11 is 0. The third-order valence-electron chi connectivity index (χ3n) is 4.60. The van der Waals surface area contributed by atoms with Gasteiger partial charge in [0.15, 0.2) is 18.3 Å². The largest absolute Gasteiger partial charge is 0.470 e. The van der Waals surface area contributed by atoms with Crippen molar-refractivity contribution in [2.45, 2.75) is 13.0 Å². The van der Waals surface area contributed by atoms with Crippen LogP contribution in [0, 0.1) is 0 Å². The Labute approximate surface area is 166 Å². The number of carbonyl (C=O) groups excluding carboxylic acids is 3. The summed E-state index contributed by atoms with van der Waals surface area (Å²) in [5, 5.41) is 3.64. The summed E-state index contributed by atoms with van der Waals surface area (Å²) in [5.41, 5.74) is 1.66. The van der Waals surface area contributed by atoms with Gasteiger partial charge in [-0.1, -0.05) is 36.4 Å². The molecule has 0 unspecified atom stereocenters. The van der Waals surface area contributed by atoms with Gasteiger partial charge >= 0.3 is 5.97 Å². The molecule has 2 aromatic carbocycles. The number of aromatic amines is 1. The van der Waals surface area contributed by atoms with Gasteiger partial charge in [0.2, 0.25) is 17.4 Å². The third-order valence-corrected chi connectivity index (χ3v) is 4.60. The van der Waals surface area contributed by atoms with Gasteiger partial charge in [-0.05, 0) is 25.1 Å². The summed E-state index contributed by atoms with van der Waals surface area (Å²) in [6.07, 6.45) is 0.517. The van der Waals surface area contributed by atoms with E-state index in [1.807, 2.05) is 30.3 Å². The SMILES string of the molecule is C[C@H](OC(=O)C1=C(Nc2ccccc2)OCC1=O)C(=O)c1c[nH]c2ccccc12. The number of fused-ring (bicyclic) bond motifs is 1. The highest BCUT2D eigenvalue weighted by atomic mass is 16.6. The van der Waals surface area contributed by atoms with Crippen LogP contribution in [0.25, 0.3) is 10.9 Å². The van der Waals surface area contributed by atoms with E-state index < -0.39 is 17.9 Å². The standard InChI is InChI=1S/C22H18N2O5/c1-13(20(26)16-11-23-17-10-6-5-9-15(16)17)29-22(27)19-18(25)12-28-21(19)24-14-7-3-2-4-8-14/h2-11,13,23-24H,12H2,1H3/t13-/m0/s1. The number of para-hydroxylation sites is 2. The van der Waals surface area contributed by atoms with Gasteiger partial charge in [-0.25, -0.2) is 4.79 Å². The minimum atomic E-state index is -1.07. The first kappa shape index (κ1) is 18.5.